The number of rotatable bonds is 6. The molecule has 2 heterocycles. The standard InChI is InChI=1S/C20H30N2OS/c1-21(15-18-5-3-2-4-6-18)20(23)8-7-17-9-12-22(13-10-17)19-11-14-24-16-19/h2-6,17,19H,7-16H2,1H3/t19-/m0/s1. The molecular formula is C20H30N2OS. The third-order valence-electron chi connectivity index (χ3n) is 5.53. The summed E-state index contributed by atoms with van der Waals surface area (Å²) in [6.07, 6.45) is 5.68. The molecule has 3 rings (SSSR count). The van der Waals surface area contributed by atoms with E-state index >= 15 is 0 Å². The second-order valence-electron chi connectivity index (χ2n) is 7.27. The summed E-state index contributed by atoms with van der Waals surface area (Å²) >= 11 is 2.10. The van der Waals surface area contributed by atoms with Crippen molar-refractivity contribution in [2.45, 2.75) is 44.7 Å². The molecule has 1 aromatic carbocycles. The first-order valence-electron chi connectivity index (χ1n) is 9.32. The van der Waals surface area contributed by atoms with Gasteiger partial charge in [-0.1, -0.05) is 30.3 Å². The van der Waals surface area contributed by atoms with E-state index in [1.54, 1.807) is 0 Å². The highest BCUT2D eigenvalue weighted by atomic mass is 32.2. The minimum Gasteiger partial charge on any atom is -0.341 e. The fourth-order valence-corrected chi connectivity index (χ4v) is 5.14. The fraction of sp³-hybridized carbons (Fsp3) is 0.650. The highest BCUT2D eigenvalue weighted by Gasteiger charge is 2.27. The average Bonchev–Trinajstić information content (AvgIpc) is 3.15. The van der Waals surface area contributed by atoms with Gasteiger partial charge in [0.15, 0.2) is 0 Å². The maximum absolute atomic E-state index is 12.4. The Kier molecular flexibility index (Phi) is 6.61. The van der Waals surface area contributed by atoms with Crippen LogP contribution < -0.4 is 0 Å². The first-order valence-corrected chi connectivity index (χ1v) is 10.5. The van der Waals surface area contributed by atoms with Crippen molar-refractivity contribution in [1.82, 2.24) is 9.80 Å². The molecule has 132 valence electrons. The molecule has 1 aromatic rings. The molecule has 4 heteroatoms. The molecule has 1 amide bonds. The van der Waals surface area contributed by atoms with Crippen LogP contribution in [-0.4, -0.2) is 53.4 Å². The van der Waals surface area contributed by atoms with Crippen LogP contribution in [0.25, 0.3) is 0 Å². The normalized spacial score (nSPS) is 22.6. The molecule has 0 radical (unpaired) electrons. The Morgan fingerprint density at radius 3 is 2.62 bits per heavy atom. The van der Waals surface area contributed by atoms with Gasteiger partial charge >= 0.3 is 0 Å². The van der Waals surface area contributed by atoms with Crippen molar-refractivity contribution in [2.75, 3.05) is 31.6 Å². The molecule has 0 unspecified atom stereocenters. The van der Waals surface area contributed by atoms with E-state index in [2.05, 4.69) is 28.8 Å². The van der Waals surface area contributed by atoms with E-state index in [1.165, 1.54) is 49.4 Å². The number of thioether (sulfide) groups is 1. The maximum atomic E-state index is 12.4. The lowest BCUT2D eigenvalue weighted by molar-refractivity contribution is -0.130. The van der Waals surface area contributed by atoms with Gasteiger partial charge in [0.1, 0.15) is 0 Å². The van der Waals surface area contributed by atoms with Gasteiger partial charge in [-0.05, 0) is 56.0 Å². The second kappa shape index (κ2) is 8.91. The molecule has 0 aromatic heterocycles. The van der Waals surface area contributed by atoms with E-state index in [-0.39, 0.29) is 5.91 Å². The maximum Gasteiger partial charge on any atom is 0.222 e. The molecule has 2 aliphatic heterocycles. The van der Waals surface area contributed by atoms with Crippen molar-refractivity contribution >= 4 is 17.7 Å². The highest BCUT2D eigenvalue weighted by molar-refractivity contribution is 7.99. The number of hydrogen-bond acceptors (Lipinski definition) is 3. The van der Waals surface area contributed by atoms with E-state index in [0.717, 1.165) is 24.9 Å². The Balaban J connectivity index is 1.36. The first kappa shape index (κ1) is 17.8. The molecule has 2 saturated heterocycles. The molecule has 24 heavy (non-hydrogen) atoms. The summed E-state index contributed by atoms with van der Waals surface area (Å²) in [6.45, 7) is 3.20. The lowest BCUT2D eigenvalue weighted by Crippen LogP contribution is -2.41. The number of benzene rings is 1. The zero-order chi connectivity index (χ0) is 16.8. The minimum atomic E-state index is 0.286. The van der Waals surface area contributed by atoms with Crippen molar-refractivity contribution in [2.24, 2.45) is 5.92 Å². The smallest absolute Gasteiger partial charge is 0.222 e. The molecule has 2 aliphatic rings. The van der Waals surface area contributed by atoms with E-state index in [4.69, 9.17) is 0 Å². The fourth-order valence-electron chi connectivity index (χ4n) is 3.88. The molecule has 0 aliphatic carbocycles. The average molecular weight is 347 g/mol. The van der Waals surface area contributed by atoms with Crippen molar-refractivity contribution in [3.63, 3.8) is 0 Å². The van der Waals surface area contributed by atoms with Crippen molar-refractivity contribution in [3.05, 3.63) is 35.9 Å². The van der Waals surface area contributed by atoms with E-state index in [0.29, 0.717) is 6.42 Å². The summed E-state index contributed by atoms with van der Waals surface area (Å²) in [5.74, 6) is 3.69. The Morgan fingerprint density at radius 2 is 1.96 bits per heavy atom. The Bertz CT molecular complexity index is 508. The topological polar surface area (TPSA) is 23.6 Å². The van der Waals surface area contributed by atoms with E-state index in [9.17, 15) is 4.79 Å². The number of amides is 1. The zero-order valence-corrected chi connectivity index (χ0v) is 15.6. The molecular weight excluding hydrogens is 316 g/mol. The molecule has 0 saturated carbocycles. The quantitative estimate of drug-likeness (QED) is 0.786. The van der Waals surface area contributed by atoms with Gasteiger partial charge in [0.25, 0.3) is 0 Å². The lowest BCUT2D eigenvalue weighted by atomic mass is 9.91. The van der Waals surface area contributed by atoms with Gasteiger partial charge in [-0.25, -0.2) is 0 Å². The summed E-state index contributed by atoms with van der Waals surface area (Å²) in [6, 6.07) is 11.1. The van der Waals surface area contributed by atoms with Gasteiger partial charge in [0.05, 0.1) is 0 Å². The number of hydrogen-bond donors (Lipinski definition) is 0. The van der Waals surface area contributed by atoms with Crippen LogP contribution in [-0.2, 0) is 11.3 Å². The summed E-state index contributed by atoms with van der Waals surface area (Å²) in [4.78, 5) is 16.9. The summed E-state index contributed by atoms with van der Waals surface area (Å²) < 4.78 is 0. The predicted octanol–water partition coefficient (Wildman–Crippen LogP) is 3.64. The zero-order valence-electron chi connectivity index (χ0n) is 14.8. The molecule has 3 nitrogen and oxygen atoms in total. The number of likely N-dealkylation sites (tertiary alicyclic amines) is 1. The monoisotopic (exact) mass is 346 g/mol. The largest absolute Gasteiger partial charge is 0.341 e. The second-order valence-corrected chi connectivity index (χ2v) is 8.42. The van der Waals surface area contributed by atoms with Crippen LogP contribution in [0.3, 0.4) is 0 Å². The molecule has 2 fully saturated rings. The first-order chi connectivity index (χ1) is 11.7. The summed E-state index contributed by atoms with van der Waals surface area (Å²) in [5, 5.41) is 0. The molecule has 1 atom stereocenters. The van der Waals surface area contributed by atoms with Crippen LogP contribution >= 0.6 is 11.8 Å². The third-order valence-corrected chi connectivity index (χ3v) is 6.67. The molecule has 0 N–H and O–H groups in total. The molecule has 0 spiro atoms. The van der Waals surface area contributed by atoms with Crippen LogP contribution in [0, 0.1) is 5.92 Å². The van der Waals surface area contributed by atoms with E-state index < -0.39 is 0 Å². The lowest BCUT2D eigenvalue weighted by Gasteiger charge is -2.35. The van der Waals surface area contributed by atoms with Crippen LogP contribution in [0.2, 0.25) is 0 Å². The van der Waals surface area contributed by atoms with Crippen LogP contribution in [0.15, 0.2) is 30.3 Å². The van der Waals surface area contributed by atoms with Gasteiger partial charge < -0.3 is 4.90 Å². The third kappa shape index (κ3) is 5.00. The van der Waals surface area contributed by atoms with Crippen LogP contribution in [0.1, 0.15) is 37.7 Å². The van der Waals surface area contributed by atoms with Gasteiger partial charge in [-0.15, -0.1) is 0 Å². The predicted molar refractivity (Wildman–Crippen MR) is 102 cm³/mol. The Labute approximate surface area is 150 Å². The number of carbonyl (C=O) groups is 1. The van der Waals surface area contributed by atoms with Gasteiger partial charge in [0, 0.05) is 31.8 Å². The number of piperidine rings is 1. The van der Waals surface area contributed by atoms with Gasteiger partial charge in [-0.3, -0.25) is 9.69 Å². The SMILES string of the molecule is CN(Cc1ccccc1)C(=O)CCC1CCN([C@H]2CCSC2)CC1. The van der Waals surface area contributed by atoms with Crippen molar-refractivity contribution in [1.29, 1.82) is 0 Å². The number of nitrogens with zero attached hydrogens (tertiary/aromatic N) is 2. The Hall–Kier alpha value is -1.00. The Morgan fingerprint density at radius 1 is 1.21 bits per heavy atom. The van der Waals surface area contributed by atoms with Crippen LogP contribution in [0.4, 0.5) is 0 Å². The van der Waals surface area contributed by atoms with E-state index in [1.807, 2.05) is 30.1 Å². The summed E-state index contributed by atoms with van der Waals surface area (Å²) in [7, 11) is 1.93. The van der Waals surface area contributed by atoms with Crippen LogP contribution in [0.5, 0.6) is 0 Å². The molecule has 0 bridgehead atoms. The van der Waals surface area contributed by atoms with Crippen molar-refractivity contribution < 1.29 is 4.79 Å². The summed E-state index contributed by atoms with van der Waals surface area (Å²) in [5.41, 5.74) is 1.20. The van der Waals surface area contributed by atoms with Crippen molar-refractivity contribution in [3.8, 4) is 0 Å². The van der Waals surface area contributed by atoms with Gasteiger partial charge in [-0.2, -0.15) is 11.8 Å². The highest BCUT2D eigenvalue weighted by Crippen LogP contribution is 2.28. The van der Waals surface area contributed by atoms with Gasteiger partial charge in [0.2, 0.25) is 5.91 Å². The minimum absolute atomic E-state index is 0.286. The number of carbonyl (C=O) groups excluding carboxylic acids is 1.